The Kier molecular flexibility index (Phi) is 3.95. The first-order valence-electron chi connectivity index (χ1n) is 6.54. The maximum atomic E-state index is 13.1. The van der Waals surface area contributed by atoms with Crippen LogP contribution in [0.5, 0.6) is 0 Å². The summed E-state index contributed by atoms with van der Waals surface area (Å²) in [5.41, 5.74) is 7.17. The molecule has 4 heteroatoms. The van der Waals surface area contributed by atoms with Crippen molar-refractivity contribution in [2.45, 2.75) is 50.5 Å². The van der Waals surface area contributed by atoms with Gasteiger partial charge in [-0.3, -0.25) is 4.98 Å². The fraction of sp³-hybridized carbons (Fsp3) is 0.643. The average molecular weight is 254 g/mol. The monoisotopic (exact) mass is 254 g/mol. The molecule has 2 nitrogen and oxygen atoms in total. The molecule has 2 unspecified atom stereocenters. The molecule has 1 heterocycles. The van der Waals surface area contributed by atoms with Crippen molar-refractivity contribution in [1.82, 2.24) is 4.98 Å². The highest BCUT2D eigenvalue weighted by Crippen LogP contribution is 2.39. The third-order valence-electron chi connectivity index (χ3n) is 4.04. The zero-order chi connectivity index (χ0) is 13.2. The molecule has 2 atom stereocenters. The Balaban J connectivity index is 1.98. The topological polar surface area (TPSA) is 38.9 Å². The van der Waals surface area contributed by atoms with E-state index < -0.39 is 5.92 Å². The van der Waals surface area contributed by atoms with Gasteiger partial charge in [-0.25, -0.2) is 8.78 Å². The summed E-state index contributed by atoms with van der Waals surface area (Å²) in [6, 6.07) is 5.65. The van der Waals surface area contributed by atoms with Crippen molar-refractivity contribution in [3.05, 3.63) is 30.1 Å². The first-order valence-corrected chi connectivity index (χ1v) is 6.54. The molecule has 18 heavy (non-hydrogen) atoms. The number of halogens is 2. The van der Waals surface area contributed by atoms with Gasteiger partial charge in [0.15, 0.2) is 0 Å². The number of pyridine rings is 1. The molecular formula is C14H20F2N2. The van der Waals surface area contributed by atoms with Gasteiger partial charge in [0.25, 0.3) is 0 Å². The molecule has 1 saturated carbocycles. The van der Waals surface area contributed by atoms with Crippen LogP contribution in [-0.4, -0.2) is 16.9 Å². The molecule has 2 N–H and O–H groups in total. The molecule has 0 amide bonds. The fourth-order valence-corrected chi connectivity index (χ4v) is 2.70. The molecule has 1 aromatic rings. The Hall–Kier alpha value is -1.03. The summed E-state index contributed by atoms with van der Waals surface area (Å²) >= 11 is 0. The standard InChI is InChI=1S/C14H20F2N2/c1-10(12-4-2-3-9-18-12)13(17)11-5-7-14(15,16)8-6-11/h2-4,9-11,13H,5-8,17H2,1H3. The predicted octanol–water partition coefficient (Wildman–Crippen LogP) is 3.34. The maximum Gasteiger partial charge on any atom is 0.248 e. The lowest BCUT2D eigenvalue weighted by Crippen LogP contribution is -2.39. The van der Waals surface area contributed by atoms with Crippen molar-refractivity contribution in [3.63, 3.8) is 0 Å². The lowest BCUT2D eigenvalue weighted by Gasteiger charge is -2.34. The van der Waals surface area contributed by atoms with E-state index in [1.54, 1.807) is 6.20 Å². The van der Waals surface area contributed by atoms with E-state index in [0.29, 0.717) is 12.8 Å². The Morgan fingerprint density at radius 1 is 1.33 bits per heavy atom. The quantitative estimate of drug-likeness (QED) is 0.898. The van der Waals surface area contributed by atoms with Crippen molar-refractivity contribution < 1.29 is 8.78 Å². The van der Waals surface area contributed by atoms with Gasteiger partial charge in [-0.1, -0.05) is 13.0 Å². The Labute approximate surface area is 107 Å². The summed E-state index contributed by atoms with van der Waals surface area (Å²) in [7, 11) is 0. The van der Waals surface area contributed by atoms with Crippen LogP contribution >= 0.6 is 0 Å². The second kappa shape index (κ2) is 5.31. The third-order valence-corrected chi connectivity index (χ3v) is 4.04. The van der Waals surface area contributed by atoms with Gasteiger partial charge >= 0.3 is 0 Å². The van der Waals surface area contributed by atoms with Crippen LogP contribution < -0.4 is 5.73 Å². The number of alkyl halides is 2. The maximum absolute atomic E-state index is 13.1. The van der Waals surface area contributed by atoms with E-state index in [4.69, 9.17) is 5.73 Å². The third kappa shape index (κ3) is 3.05. The molecule has 1 aliphatic carbocycles. The molecule has 0 aliphatic heterocycles. The summed E-state index contributed by atoms with van der Waals surface area (Å²) in [6.07, 6.45) is 2.73. The molecule has 1 aliphatic rings. The smallest absolute Gasteiger partial charge is 0.248 e. The molecule has 0 spiro atoms. The molecular weight excluding hydrogens is 234 g/mol. The van der Waals surface area contributed by atoms with Gasteiger partial charge in [0.2, 0.25) is 5.92 Å². The van der Waals surface area contributed by atoms with Crippen molar-refractivity contribution in [2.24, 2.45) is 11.7 Å². The van der Waals surface area contributed by atoms with Gasteiger partial charge in [0, 0.05) is 36.7 Å². The second-order valence-electron chi connectivity index (χ2n) is 5.31. The number of rotatable bonds is 3. The van der Waals surface area contributed by atoms with Gasteiger partial charge in [0.1, 0.15) is 0 Å². The lowest BCUT2D eigenvalue weighted by atomic mass is 9.77. The largest absolute Gasteiger partial charge is 0.327 e. The zero-order valence-corrected chi connectivity index (χ0v) is 10.7. The van der Waals surface area contributed by atoms with Gasteiger partial charge in [-0.2, -0.15) is 0 Å². The first-order chi connectivity index (χ1) is 8.49. The van der Waals surface area contributed by atoms with E-state index in [1.807, 2.05) is 25.1 Å². The van der Waals surface area contributed by atoms with E-state index in [2.05, 4.69) is 4.98 Å². The Morgan fingerprint density at radius 2 is 2.00 bits per heavy atom. The van der Waals surface area contributed by atoms with E-state index in [-0.39, 0.29) is 30.7 Å². The molecule has 0 bridgehead atoms. The van der Waals surface area contributed by atoms with Crippen LogP contribution in [0.15, 0.2) is 24.4 Å². The van der Waals surface area contributed by atoms with Crippen molar-refractivity contribution in [2.75, 3.05) is 0 Å². The zero-order valence-electron chi connectivity index (χ0n) is 10.7. The highest BCUT2D eigenvalue weighted by Gasteiger charge is 2.38. The normalized spacial score (nSPS) is 23.6. The van der Waals surface area contributed by atoms with E-state index in [1.165, 1.54) is 0 Å². The fourth-order valence-electron chi connectivity index (χ4n) is 2.70. The molecule has 0 saturated heterocycles. The van der Waals surface area contributed by atoms with Crippen LogP contribution in [0.3, 0.4) is 0 Å². The summed E-state index contributed by atoms with van der Waals surface area (Å²) in [5, 5.41) is 0. The molecule has 100 valence electrons. The van der Waals surface area contributed by atoms with Crippen molar-refractivity contribution >= 4 is 0 Å². The molecule has 0 radical (unpaired) electrons. The second-order valence-corrected chi connectivity index (χ2v) is 5.31. The van der Waals surface area contributed by atoms with Gasteiger partial charge in [-0.15, -0.1) is 0 Å². The number of hydrogen-bond acceptors (Lipinski definition) is 2. The highest BCUT2D eigenvalue weighted by atomic mass is 19.3. The Morgan fingerprint density at radius 3 is 2.56 bits per heavy atom. The van der Waals surface area contributed by atoms with Crippen LogP contribution in [0.1, 0.15) is 44.2 Å². The predicted molar refractivity (Wildman–Crippen MR) is 67.5 cm³/mol. The molecule has 1 fully saturated rings. The summed E-state index contributed by atoms with van der Waals surface area (Å²) in [6.45, 7) is 2.03. The minimum Gasteiger partial charge on any atom is -0.327 e. The SMILES string of the molecule is CC(c1ccccn1)C(N)C1CCC(F)(F)CC1. The highest BCUT2D eigenvalue weighted by molar-refractivity contribution is 5.11. The van der Waals surface area contributed by atoms with Crippen molar-refractivity contribution in [1.29, 1.82) is 0 Å². The number of hydrogen-bond donors (Lipinski definition) is 1. The van der Waals surface area contributed by atoms with E-state index >= 15 is 0 Å². The van der Waals surface area contributed by atoms with Crippen molar-refractivity contribution in [3.8, 4) is 0 Å². The van der Waals surface area contributed by atoms with Crippen LogP contribution in [-0.2, 0) is 0 Å². The van der Waals surface area contributed by atoms with E-state index in [9.17, 15) is 8.78 Å². The van der Waals surface area contributed by atoms with Crippen LogP contribution in [0, 0.1) is 5.92 Å². The molecule has 1 aromatic heterocycles. The van der Waals surface area contributed by atoms with Crippen LogP contribution in [0.2, 0.25) is 0 Å². The lowest BCUT2D eigenvalue weighted by molar-refractivity contribution is -0.0489. The first kappa shape index (κ1) is 13.4. The summed E-state index contributed by atoms with van der Waals surface area (Å²) in [4.78, 5) is 4.30. The summed E-state index contributed by atoms with van der Waals surface area (Å²) < 4.78 is 26.2. The number of nitrogens with two attached hydrogens (primary N) is 1. The number of aromatic nitrogens is 1. The van der Waals surface area contributed by atoms with Gasteiger partial charge in [0.05, 0.1) is 0 Å². The molecule has 0 aromatic carbocycles. The Bertz CT molecular complexity index is 371. The number of nitrogens with zero attached hydrogens (tertiary/aromatic N) is 1. The van der Waals surface area contributed by atoms with Gasteiger partial charge in [-0.05, 0) is 30.9 Å². The average Bonchev–Trinajstić information content (AvgIpc) is 2.38. The van der Waals surface area contributed by atoms with Crippen LogP contribution in [0.25, 0.3) is 0 Å². The van der Waals surface area contributed by atoms with E-state index in [0.717, 1.165) is 5.69 Å². The minimum absolute atomic E-state index is 0.0275. The van der Waals surface area contributed by atoms with Crippen LogP contribution in [0.4, 0.5) is 8.78 Å². The molecule has 2 rings (SSSR count). The minimum atomic E-state index is -2.48. The summed E-state index contributed by atoms with van der Waals surface area (Å²) in [5.74, 6) is -2.19. The van der Waals surface area contributed by atoms with Gasteiger partial charge < -0.3 is 5.73 Å².